The van der Waals surface area contributed by atoms with Crippen molar-refractivity contribution in [2.75, 3.05) is 12.1 Å². The third-order valence-electron chi connectivity index (χ3n) is 3.87. The number of aromatic nitrogens is 5. The van der Waals surface area contributed by atoms with E-state index < -0.39 is 0 Å². The van der Waals surface area contributed by atoms with Crippen LogP contribution in [0.3, 0.4) is 0 Å². The van der Waals surface area contributed by atoms with Crippen LogP contribution in [-0.2, 0) is 11.8 Å². The van der Waals surface area contributed by atoms with Crippen molar-refractivity contribution >= 4 is 34.1 Å². The zero-order valence-electron chi connectivity index (χ0n) is 14.8. The van der Waals surface area contributed by atoms with Crippen LogP contribution in [0.15, 0.2) is 23.4 Å². The SMILES string of the molecule is Cc1nnc(NC(=O)[C@H](C)Sc2nnc(-c3ccc4c(c3)OCO4)n2C)s1. The number of hydrogen-bond donors (Lipinski definition) is 1. The Labute approximate surface area is 163 Å². The fourth-order valence-corrected chi connectivity index (χ4v) is 3.88. The fourth-order valence-electron chi connectivity index (χ4n) is 2.47. The molecule has 1 atom stereocenters. The molecule has 11 heteroatoms. The predicted octanol–water partition coefficient (Wildman–Crippen LogP) is 2.49. The molecule has 3 aromatic rings. The first kappa shape index (κ1) is 17.7. The summed E-state index contributed by atoms with van der Waals surface area (Å²) in [6.45, 7) is 3.87. The zero-order chi connectivity index (χ0) is 19.0. The minimum Gasteiger partial charge on any atom is -0.454 e. The van der Waals surface area contributed by atoms with Gasteiger partial charge in [-0.15, -0.1) is 20.4 Å². The number of carbonyl (C=O) groups excluding carboxylic acids is 1. The van der Waals surface area contributed by atoms with Gasteiger partial charge in [0.25, 0.3) is 0 Å². The van der Waals surface area contributed by atoms with Gasteiger partial charge in [0.2, 0.25) is 17.8 Å². The number of carbonyl (C=O) groups is 1. The van der Waals surface area contributed by atoms with E-state index in [0.29, 0.717) is 27.6 Å². The fraction of sp³-hybridized carbons (Fsp3) is 0.312. The number of aryl methyl sites for hydroxylation is 1. The van der Waals surface area contributed by atoms with Gasteiger partial charge in [-0.25, -0.2) is 0 Å². The van der Waals surface area contributed by atoms with Crippen molar-refractivity contribution in [2.45, 2.75) is 24.3 Å². The standard InChI is InChI=1S/C16H16N6O3S2/c1-8(14(23)17-15-20-18-9(2)27-15)26-16-21-19-13(22(16)3)10-4-5-11-12(6-10)25-7-24-11/h4-6,8H,7H2,1-3H3,(H,17,20,23)/t8-/m0/s1. The highest BCUT2D eigenvalue weighted by Crippen LogP contribution is 2.36. The summed E-state index contributed by atoms with van der Waals surface area (Å²) in [5.41, 5.74) is 0.863. The monoisotopic (exact) mass is 404 g/mol. The summed E-state index contributed by atoms with van der Waals surface area (Å²) in [6.07, 6.45) is 0. The van der Waals surface area contributed by atoms with Gasteiger partial charge in [0.05, 0.1) is 5.25 Å². The molecule has 1 aliphatic heterocycles. The van der Waals surface area contributed by atoms with Gasteiger partial charge >= 0.3 is 0 Å². The lowest BCUT2D eigenvalue weighted by Crippen LogP contribution is -2.22. The molecule has 140 valence electrons. The van der Waals surface area contributed by atoms with E-state index in [1.807, 2.05) is 43.7 Å². The first-order chi connectivity index (χ1) is 13.0. The molecule has 0 saturated heterocycles. The average Bonchev–Trinajstić information content (AvgIpc) is 3.36. The molecule has 1 N–H and O–H groups in total. The van der Waals surface area contributed by atoms with Crippen LogP contribution in [0.1, 0.15) is 11.9 Å². The molecule has 27 heavy (non-hydrogen) atoms. The smallest absolute Gasteiger partial charge is 0.239 e. The van der Waals surface area contributed by atoms with Crippen LogP contribution in [0.25, 0.3) is 11.4 Å². The van der Waals surface area contributed by atoms with Gasteiger partial charge in [-0.05, 0) is 32.0 Å². The van der Waals surface area contributed by atoms with E-state index in [-0.39, 0.29) is 18.0 Å². The highest BCUT2D eigenvalue weighted by Gasteiger charge is 2.21. The molecule has 9 nitrogen and oxygen atoms in total. The lowest BCUT2D eigenvalue weighted by molar-refractivity contribution is -0.115. The maximum absolute atomic E-state index is 12.4. The Morgan fingerprint density at radius 3 is 2.85 bits per heavy atom. The Hall–Kier alpha value is -2.66. The van der Waals surface area contributed by atoms with Crippen LogP contribution < -0.4 is 14.8 Å². The number of anilines is 1. The van der Waals surface area contributed by atoms with Gasteiger partial charge in [-0.3, -0.25) is 10.1 Å². The summed E-state index contributed by atoms with van der Waals surface area (Å²) < 4.78 is 12.6. The molecule has 0 aliphatic carbocycles. The molecule has 0 fully saturated rings. The number of rotatable bonds is 5. The van der Waals surface area contributed by atoms with Crippen molar-refractivity contribution in [1.82, 2.24) is 25.0 Å². The van der Waals surface area contributed by atoms with Gasteiger partial charge in [0.15, 0.2) is 22.5 Å². The molecule has 0 radical (unpaired) electrons. The molecule has 1 aliphatic rings. The number of ether oxygens (including phenoxy) is 2. The Morgan fingerprint density at radius 1 is 1.26 bits per heavy atom. The van der Waals surface area contributed by atoms with Gasteiger partial charge in [0, 0.05) is 12.6 Å². The zero-order valence-corrected chi connectivity index (χ0v) is 16.4. The first-order valence-corrected chi connectivity index (χ1v) is 9.78. The van der Waals surface area contributed by atoms with Crippen LogP contribution in [0.4, 0.5) is 5.13 Å². The number of amides is 1. The quantitative estimate of drug-likeness (QED) is 0.647. The number of thioether (sulfide) groups is 1. The number of nitrogens with one attached hydrogen (secondary N) is 1. The number of fused-ring (bicyclic) bond motifs is 1. The predicted molar refractivity (Wildman–Crippen MR) is 101 cm³/mol. The first-order valence-electron chi connectivity index (χ1n) is 8.08. The second-order valence-corrected chi connectivity index (χ2v) is 8.30. The molecule has 0 saturated carbocycles. The van der Waals surface area contributed by atoms with E-state index >= 15 is 0 Å². The number of hydrogen-bond acceptors (Lipinski definition) is 9. The minimum absolute atomic E-state index is 0.163. The van der Waals surface area contributed by atoms with Crippen molar-refractivity contribution in [1.29, 1.82) is 0 Å². The third kappa shape index (κ3) is 3.60. The van der Waals surface area contributed by atoms with Gasteiger partial charge in [-0.2, -0.15) is 0 Å². The van der Waals surface area contributed by atoms with E-state index in [1.54, 1.807) is 0 Å². The number of nitrogens with zero attached hydrogens (tertiary/aromatic N) is 5. The molecule has 4 rings (SSSR count). The van der Waals surface area contributed by atoms with E-state index in [4.69, 9.17) is 9.47 Å². The van der Waals surface area contributed by atoms with Gasteiger partial charge in [0.1, 0.15) is 5.01 Å². The van der Waals surface area contributed by atoms with E-state index in [1.165, 1.54) is 23.1 Å². The topological polar surface area (TPSA) is 104 Å². The van der Waals surface area contributed by atoms with E-state index in [0.717, 1.165) is 10.6 Å². The molecule has 2 aromatic heterocycles. The summed E-state index contributed by atoms with van der Waals surface area (Å²) in [5, 5.41) is 20.6. The van der Waals surface area contributed by atoms with Gasteiger partial charge in [-0.1, -0.05) is 23.1 Å². The largest absolute Gasteiger partial charge is 0.454 e. The summed E-state index contributed by atoms with van der Waals surface area (Å²) >= 11 is 2.66. The molecular weight excluding hydrogens is 388 g/mol. The molecule has 1 amide bonds. The summed E-state index contributed by atoms with van der Waals surface area (Å²) in [4.78, 5) is 12.4. The maximum atomic E-state index is 12.4. The highest BCUT2D eigenvalue weighted by atomic mass is 32.2. The minimum atomic E-state index is -0.373. The normalized spacial score (nSPS) is 13.6. The van der Waals surface area contributed by atoms with E-state index in [2.05, 4.69) is 25.7 Å². The molecule has 0 bridgehead atoms. The van der Waals surface area contributed by atoms with Crippen LogP contribution in [0.2, 0.25) is 0 Å². The molecule has 3 heterocycles. The van der Waals surface area contributed by atoms with Crippen molar-refractivity contribution in [2.24, 2.45) is 7.05 Å². The second-order valence-electron chi connectivity index (χ2n) is 5.81. The number of benzene rings is 1. The Bertz CT molecular complexity index is 1000. The molecular formula is C16H16N6O3S2. The lowest BCUT2D eigenvalue weighted by atomic mass is 10.2. The van der Waals surface area contributed by atoms with Crippen LogP contribution in [0, 0.1) is 6.92 Å². The summed E-state index contributed by atoms with van der Waals surface area (Å²) in [5.74, 6) is 1.92. The second kappa shape index (κ2) is 7.16. The Balaban J connectivity index is 1.48. The van der Waals surface area contributed by atoms with Crippen molar-refractivity contribution in [3.63, 3.8) is 0 Å². The molecule has 0 unspecified atom stereocenters. The Morgan fingerprint density at radius 2 is 2.07 bits per heavy atom. The van der Waals surface area contributed by atoms with Crippen LogP contribution >= 0.6 is 23.1 Å². The molecule has 1 aromatic carbocycles. The van der Waals surface area contributed by atoms with Crippen molar-refractivity contribution in [3.8, 4) is 22.9 Å². The van der Waals surface area contributed by atoms with Crippen molar-refractivity contribution < 1.29 is 14.3 Å². The average molecular weight is 404 g/mol. The maximum Gasteiger partial charge on any atom is 0.239 e. The van der Waals surface area contributed by atoms with Gasteiger partial charge < -0.3 is 14.0 Å². The summed E-state index contributed by atoms with van der Waals surface area (Å²) in [6, 6.07) is 5.62. The highest BCUT2D eigenvalue weighted by molar-refractivity contribution is 8.00. The molecule has 0 spiro atoms. The lowest BCUT2D eigenvalue weighted by Gasteiger charge is -2.10. The van der Waals surface area contributed by atoms with Crippen LogP contribution in [0.5, 0.6) is 11.5 Å². The Kier molecular flexibility index (Phi) is 4.70. The van der Waals surface area contributed by atoms with Crippen LogP contribution in [-0.4, -0.2) is 42.9 Å². The third-order valence-corrected chi connectivity index (χ3v) is 5.76. The van der Waals surface area contributed by atoms with Crippen molar-refractivity contribution in [3.05, 3.63) is 23.2 Å². The van der Waals surface area contributed by atoms with E-state index in [9.17, 15) is 4.79 Å². The summed E-state index contributed by atoms with van der Waals surface area (Å²) in [7, 11) is 1.86.